The van der Waals surface area contributed by atoms with Crippen molar-refractivity contribution in [2.45, 2.75) is 53.1 Å². The Morgan fingerprint density at radius 2 is 1.73 bits per heavy atom. The first-order valence-corrected chi connectivity index (χ1v) is 4.77. The molecule has 0 aromatic carbocycles. The third-order valence-corrected chi connectivity index (χ3v) is 2.51. The zero-order valence-corrected chi connectivity index (χ0v) is 8.30. The van der Waals surface area contributed by atoms with Crippen molar-refractivity contribution in [2.24, 2.45) is 11.8 Å². The Hall–Kier alpha value is -0.0400. The molecule has 68 valence electrons. The number of aliphatic hydroxyl groups is 1. The molecule has 11 heavy (non-hydrogen) atoms. The predicted octanol–water partition coefficient (Wildman–Crippen LogP) is 2.83. The van der Waals surface area contributed by atoms with E-state index in [2.05, 4.69) is 27.7 Å². The van der Waals surface area contributed by atoms with Gasteiger partial charge in [0, 0.05) is 0 Å². The van der Waals surface area contributed by atoms with Crippen molar-refractivity contribution in [3.05, 3.63) is 0 Å². The smallest absolute Gasteiger partial charge is 0.0568 e. The molecule has 0 aliphatic rings. The monoisotopic (exact) mass is 158 g/mol. The maximum Gasteiger partial charge on any atom is 0.0568 e. The second kappa shape index (κ2) is 5.59. The van der Waals surface area contributed by atoms with Crippen molar-refractivity contribution >= 4 is 0 Å². The summed E-state index contributed by atoms with van der Waals surface area (Å²) in [6, 6.07) is 0. The normalized spacial score (nSPS) is 16.9. The molecule has 0 aliphatic carbocycles. The third kappa shape index (κ3) is 4.41. The summed E-state index contributed by atoms with van der Waals surface area (Å²) in [6.07, 6.45) is 3.21. The Bertz CT molecular complexity index is 88.9. The van der Waals surface area contributed by atoms with Crippen LogP contribution < -0.4 is 0 Å². The lowest BCUT2D eigenvalue weighted by molar-refractivity contribution is 0.0818. The van der Waals surface area contributed by atoms with Gasteiger partial charge in [0.1, 0.15) is 0 Å². The first-order chi connectivity index (χ1) is 5.09. The summed E-state index contributed by atoms with van der Waals surface area (Å²) in [4.78, 5) is 0. The number of hydrogen-bond donors (Lipinski definition) is 1. The average Bonchev–Trinajstić information content (AvgIpc) is 1.98. The van der Waals surface area contributed by atoms with Gasteiger partial charge < -0.3 is 5.11 Å². The molecule has 0 fully saturated rings. The fourth-order valence-corrected chi connectivity index (χ4v) is 1.12. The van der Waals surface area contributed by atoms with Crippen LogP contribution >= 0.6 is 0 Å². The molecule has 0 amide bonds. The van der Waals surface area contributed by atoms with Gasteiger partial charge in [-0.3, -0.25) is 0 Å². The molecule has 0 radical (unpaired) electrons. The molecule has 0 aliphatic heterocycles. The van der Waals surface area contributed by atoms with Crippen LogP contribution in [0.25, 0.3) is 0 Å². The van der Waals surface area contributed by atoms with Crippen LogP contribution in [0.5, 0.6) is 0 Å². The first-order valence-electron chi connectivity index (χ1n) is 4.77. The second-order valence-corrected chi connectivity index (χ2v) is 3.81. The molecule has 0 saturated heterocycles. The molecule has 0 spiro atoms. The fourth-order valence-electron chi connectivity index (χ4n) is 1.12. The molecule has 2 atom stereocenters. The Kier molecular flexibility index (Phi) is 5.57. The molecular formula is C10H22O. The Labute approximate surface area is 70.8 Å². The standard InChI is InChI=1S/C10H22O/c1-5-6-7-10(11)9(4)8(2)3/h8-11H,5-7H2,1-4H3/t9?,10-/m0/s1. The lowest BCUT2D eigenvalue weighted by atomic mass is 9.90. The van der Waals surface area contributed by atoms with Crippen LogP contribution in [-0.2, 0) is 0 Å². The molecule has 0 rings (SSSR count). The lowest BCUT2D eigenvalue weighted by Crippen LogP contribution is -2.21. The lowest BCUT2D eigenvalue weighted by Gasteiger charge is -2.21. The number of unbranched alkanes of at least 4 members (excludes halogenated alkanes) is 1. The number of aliphatic hydroxyl groups excluding tert-OH is 1. The second-order valence-electron chi connectivity index (χ2n) is 3.81. The summed E-state index contributed by atoms with van der Waals surface area (Å²) >= 11 is 0. The van der Waals surface area contributed by atoms with E-state index in [4.69, 9.17) is 0 Å². The van der Waals surface area contributed by atoms with Gasteiger partial charge in [-0.25, -0.2) is 0 Å². The van der Waals surface area contributed by atoms with E-state index in [1.807, 2.05) is 0 Å². The highest BCUT2D eigenvalue weighted by Gasteiger charge is 2.16. The van der Waals surface area contributed by atoms with Crippen molar-refractivity contribution in [2.75, 3.05) is 0 Å². The molecule has 0 aromatic rings. The van der Waals surface area contributed by atoms with Gasteiger partial charge in [-0.1, -0.05) is 40.5 Å². The predicted molar refractivity (Wildman–Crippen MR) is 49.5 cm³/mol. The number of hydrogen-bond acceptors (Lipinski definition) is 1. The van der Waals surface area contributed by atoms with E-state index in [1.54, 1.807) is 0 Å². The quantitative estimate of drug-likeness (QED) is 0.652. The van der Waals surface area contributed by atoms with Gasteiger partial charge in [0.05, 0.1) is 6.10 Å². The average molecular weight is 158 g/mol. The maximum absolute atomic E-state index is 9.62. The van der Waals surface area contributed by atoms with Crippen molar-refractivity contribution < 1.29 is 5.11 Å². The van der Waals surface area contributed by atoms with Crippen LogP contribution in [0.3, 0.4) is 0 Å². The largest absolute Gasteiger partial charge is 0.393 e. The molecule has 0 heterocycles. The highest BCUT2D eigenvalue weighted by Crippen LogP contribution is 2.18. The van der Waals surface area contributed by atoms with Crippen LogP contribution in [0, 0.1) is 11.8 Å². The zero-order chi connectivity index (χ0) is 8.85. The van der Waals surface area contributed by atoms with Gasteiger partial charge in [0.25, 0.3) is 0 Å². The Balaban J connectivity index is 3.55. The number of rotatable bonds is 5. The maximum atomic E-state index is 9.62. The van der Waals surface area contributed by atoms with E-state index in [-0.39, 0.29) is 6.10 Å². The molecular weight excluding hydrogens is 136 g/mol. The topological polar surface area (TPSA) is 20.2 Å². The van der Waals surface area contributed by atoms with Crippen LogP contribution in [0.2, 0.25) is 0 Å². The van der Waals surface area contributed by atoms with Gasteiger partial charge in [-0.05, 0) is 18.3 Å². The summed E-state index contributed by atoms with van der Waals surface area (Å²) in [5.41, 5.74) is 0. The zero-order valence-electron chi connectivity index (χ0n) is 8.30. The minimum atomic E-state index is -0.0880. The Morgan fingerprint density at radius 3 is 2.09 bits per heavy atom. The molecule has 0 saturated carbocycles. The van der Waals surface area contributed by atoms with Crippen LogP contribution in [0.1, 0.15) is 47.0 Å². The molecule has 1 nitrogen and oxygen atoms in total. The third-order valence-electron chi connectivity index (χ3n) is 2.51. The van der Waals surface area contributed by atoms with Crippen LogP contribution in [-0.4, -0.2) is 11.2 Å². The van der Waals surface area contributed by atoms with Gasteiger partial charge in [0.2, 0.25) is 0 Å². The van der Waals surface area contributed by atoms with Crippen LogP contribution in [0.4, 0.5) is 0 Å². The van der Waals surface area contributed by atoms with E-state index >= 15 is 0 Å². The minimum Gasteiger partial charge on any atom is -0.393 e. The van der Waals surface area contributed by atoms with Crippen molar-refractivity contribution in [1.29, 1.82) is 0 Å². The van der Waals surface area contributed by atoms with E-state index < -0.39 is 0 Å². The van der Waals surface area contributed by atoms with E-state index in [9.17, 15) is 5.11 Å². The molecule has 1 heteroatoms. The van der Waals surface area contributed by atoms with Gasteiger partial charge in [-0.2, -0.15) is 0 Å². The van der Waals surface area contributed by atoms with Crippen molar-refractivity contribution in [1.82, 2.24) is 0 Å². The summed E-state index contributed by atoms with van der Waals surface area (Å²) < 4.78 is 0. The van der Waals surface area contributed by atoms with Gasteiger partial charge >= 0.3 is 0 Å². The van der Waals surface area contributed by atoms with Gasteiger partial charge in [-0.15, -0.1) is 0 Å². The minimum absolute atomic E-state index is 0.0880. The molecule has 0 bridgehead atoms. The van der Waals surface area contributed by atoms with E-state index in [0.717, 1.165) is 12.8 Å². The molecule has 1 N–H and O–H groups in total. The fraction of sp³-hybridized carbons (Fsp3) is 1.00. The summed E-state index contributed by atoms with van der Waals surface area (Å²) in [5.74, 6) is 1.04. The SMILES string of the molecule is CCCC[C@H](O)C(C)C(C)C. The summed E-state index contributed by atoms with van der Waals surface area (Å²) in [5, 5.41) is 9.62. The highest BCUT2D eigenvalue weighted by molar-refractivity contribution is 4.66. The highest BCUT2D eigenvalue weighted by atomic mass is 16.3. The Morgan fingerprint density at radius 1 is 1.18 bits per heavy atom. The summed E-state index contributed by atoms with van der Waals surface area (Å²) in [7, 11) is 0. The van der Waals surface area contributed by atoms with Crippen LogP contribution in [0.15, 0.2) is 0 Å². The van der Waals surface area contributed by atoms with E-state index in [0.29, 0.717) is 11.8 Å². The molecule has 0 aromatic heterocycles. The van der Waals surface area contributed by atoms with Crippen molar-refractivity contribution in [3.8, 4) is 0 Å². The first kappa shape index (κ1) is 11.0. The molecule has 1 unspecified atom stereocenters. The summed E-state index contributed by atoms with van der Waals surface area (Å²) in [6.45, 7) is 8.62. The van der Waals surface area contributed by atoms with Crippen molar-refractivity contribution in [3.63, 3.8) is 0 Å². The van der Waals surface area contributed by atoms with Gasteiger partial charge in [0.15, 0.2) is 0 Å². The van der Waals surface area contributed by atoms with E-state index in [1.165, 1.54) is 6.42 Å².